The van der Waals surface area contributed by atoms with E-state index >= 15 is 0 Å². The molecule has 2 saturated carbocycles. The molecule has 0 radical (unpaired) electrons. The highest BCUT2D eigenvalue weighted by atomic mass is 35.5. The second-order valence-corrected chi connectivity index (χ2v) is 5.57. The molecule has 2 aliphatic rings. The van der Waals surface area contributed by atoms with Crippen LogP contribution in [-0.2, 0) is 0 Å². The van der Waals surface area contributed by atoms with Gasteiger partial charge in [0.05, 0.1) is 0 Å². The van der Waals surface area contributed by atoms with E-state index in [1.54, 1.807) is 24.3 Å². The summed E-state index contributed by atoms with van der Waals surface area (Å²) in [6.45, 7) is 0. The fourth-order valence-electron chi connectivity index (χ4n) is 2.95. The average molecular weight is 263 g/mol. The highest BCUT2D eigenvalue weighted by Crippen LogP contribution is 2.42. The largest absolute Gasteiger partial charge is 0.271 e. The average Bonchev–Trinajstić information content (AvgIpc) is 2.99. The second kappa shape index (κ2) is 4.73. The predicted molar refractivity (Wildman–Crippen MR) is 71.8 cm³/mol. The van der Waals surface area contributed by atoms with E-state index in [1.807, 2.05) is 0 Å². The van der Waals surface area contributed by atoms with Crippen LogP contribution in [-0.4, -0.2) is 11.6 Å². The molecule has 2 fully saturated rings. The topological polar surface area (TPSA) is 41.5 Å². The first kappa shape index (κ1) is 11.7. The monoisotopic (exact) mass is 262 g/mol. The molecule has 2 aliphatic carbocycles. The molecule has 0 heterocycles. The van der Waals surface area contributed by atoms with Gasteiger partial charge in [-0.3, -0.25) is 4.79 Å². The molecular weight excluding hydrogens is 248 g/mol. The van der Waals surface area contributed by atoms with Gasteiger partial charge in [0, 0.05) is 16.3 Å². The smallest absolute Gasteiger partial charge is 0.267 e. The van der Waals surface area contributed by atoms with Crippen LogP contribution in [0.5, 0.6) is 0 Å². The summed E-state index contributed by atoms with van der Waals surface area (Å²) in [5, 5.41) is 4.92. The Morgan fingerprint density at radius 1 is 1.28 bits per heavy atom. The van der Waals surface area contributed by atoms with Gasteiger partial charge in [-0.15, -0.1) is 0 Å². The Hall–Kier alpha value is -1.35. The number of hydrogen-bond donors (Lipinski definition) is 1. The van der Waals surface area contributed by atoms with Crippen LogP contribution in [0.4, 0.5) is 0 Å². The SMILES string of the molecule is O=C(N/N=C1\CC2CCC1C2)c1ccc(Cl)cc1. The van der Waals surface area contributed by atoms with Gasteiger partial charge in [-0.1, -0.05) is 11.6 Å². The van der Waals surface area contributed by atoms with Crippen molar-refractivity contribution in [3.63, 3.8) is 0 Å². The van der Waals surface area contributed by atoms with Crippen molar-refractivity contribution in [2.75, 3.05) is 0 Å². The molecular formula is C14H15ClN2O. The van der Waals surface area contributed by atoms with Crippen LogP contribution in [0, 0.1) is 11.8 Å². The summed E-state index contributed by atoms with van der Waals surface area (Å²) in [6.07, 6.45) is 4.89. The number of rotatable bonds is 2. The Morgan fingerprint density at radius 3 is 2.67 bits per heavy atom. The van der Waals surface area contributed by atoms with Crippen molar-refractivity contribution in [2.45, 2.75) is 25.7 Å². The van der Waals surface area contributed by atoms with Crippen molar-refractivity contribution in [3.8, 4) is 0 Å². The van der Waals surface area contributed by atoms with Gasteiger partial charge in [-0.25, -0.2) is 5.43 Å². The number of amides is 1. The summed E-state index contributed by atoms with van der Waals surface area (Å²) in [6, 6.07) is 6.83. The number of carbonyl (C=O) groups is 1. The third-order valence-electron chi connectivity index (χ3n) is 3.92. The first-order valence-corrected chi connectivity index (χ1v) is 6.72. The molecule has 2 unspecified atom stereocenters. The minimum Gasteiger partial charge on any atom is -0.267 e. The molecule has 1 aromatic carbocycles. The van der Waals surface area contributed by atoms with E-state index in [2.05, 4.69) is 10.5 Å². The molecule has 0 aliphatic heterocycles. The van der Waals surface area contributed by atoms with Gasteiger partial charge in [0.25, 0.3) is 5.91 Å². The van der Waals surface area contributed by atoms with Gasteiger partial charge < -0.3 is 0 Å². The zero-order chi connectivity index (χ0) is 12.5. The van der Waals surface area contributed by atoms with Crippen LogP contribution in [0.3, 0.4) is 0 Å². The van der Waals surface area contributed by atoms with Gasteiger partial charge in [0.2, 0.25) is 0 Å². The van der Waals surface area contributed by atoms with Crippen LogP contribution in [0.2, 0.25) is 5.02 Å². The third kappa shape index (κ3) is 2.27. The number of carbonyl (C=O) groups excluding carboxylic acids is 1. The van der Waals surface area contributed by atoms with E-state index in [0.29, 0.717) is 16.5 Å². The second-order valence-electron chi connectivity index (χ2n) is 5.13. The van der Waals surface area contributed by atoms with E-state index < -0.39 is 0 Å². The number of halogens is 1. The lowest BCUT2D eigenvalue weighted by molar-refractivity contribution is 0.0954. The minimum atomic E-state index is -0.165. The summed E-state index contributed by atoms with van der Waals surface area (Å²) in [7, 11) is 0. The number of nitrogens with one attached hydrogen (secondary N) is 1. The Bertz CT molecular complexity index is 495. The molecule has 0 aromatic heterocycles. The van der Waals surface area contributed by atoms with Gasteiger partial charge >= 0.3 is 0 Å². The normalized spacial score (nSPS) is 27.7. The minimum absolute atomic E-state index is 0.165. The van der Waals surface area contributed by atoms with Gasteiger partial charge in [0.15, 0.2) is 0 Å². The number of fused-ring (bicyclic) bond motifs is 2. The highest BCUT2D eigenvalue weighted by Gasteiger charge is 2.36. The van der Waals surface area contributed by atoms with Crippen molar-refractivity contribution < 1.29 is 4.79 Å². The summed E-state index contributed by atoms with van der Waals surface area (Å²) < 4.78 is 0. The fourth-order valence-corrected chi connectivity index (χ4v) is 3.08. The molecule has 2 bridgehead atoms. The predicted octanol–water partition coefficient (Wildman–Crippen LogP) is 3.25. The zero-order valence-electron chi connectivity index (χ0n) is 10.0. The van der Waals surface area contributed by atoms with E-state index in [-0.39, 0.29) is 5.91 Å². The van der Waals surface area contributed by atoms with Crippen molar-refractivity contribution in [2.24, 2.45) is 16.9 Å². The quantitative estimate of drug-likeness (QED) is 0.817. The summed E-state index contributed by atoms with van der Waals surface area (Å²) in [5.41, 5.74) is 4.42. The molecule has 18 heavy (non-hydrogen) atoms. The van der Waals surface area contributed by atoms with Crippen molar-refractivity contribution in [1.82, 2.24) is 5.43 Å². The molecule has 1 aromatic rings. The lowest BCUT2D eigenvalue weighted by Gasteiger charge is -2.11. The maximum atomic E-state index is 11.9. The molecule has 94 valence electrons. The van der Waals surface area contributed by atoms with E-state index in [0.717, 1.165) is 12.3 Å². The number of nitrogens with zero attached hydrogens (tertiary/aromatic N) is 1. The third-order valence-corrected chi connectivity index (χ3v) is 4.17. The molecule has 2 atom stereocenters. The van der Waals surface area contributed by atoms with Crippen LogP contribution in [0.1, 0.15) is 36.0 Å². The summed E-state index contributed by atoms with van der Waals surface area (Å²) in [5.74, 6) is 1.25. The lowest BCUT2D eigenvalue weighted by Crippen LogP contribution is -2.21. The molecule has 0 saturated heterocycles. The lowest BCUT2D eigenvalue weighted by atomic mass is 9.99. The molecule has 1 amide bonds. The number of hydrazone groups is 1. The Morgan fingerprint density at radius 2 is 2.06 bits per heavy atom. The highest BCUT2D eigenvalue weighted by molar-refractivity contribution is 6.30. The Kier molecular flexibility index (Phi) is 3.08. The summed E-state index contributed by atoms with van der Waals surface area (Å²) in [4.78, 5) is 11.9. The molecule has 1 N–H and O–H groups in total. The molecule has 0 spiro atoms. The van der Waals surface area contributed by atoms with E-state index in [9.17, 15) is 4.79 Å². The Labute approximate surface area is 111 Å². The first-order chi connectivity index (χ1) is 8.72. The Balaban J connectivity index is 1.65. The maximum Gasteiger partial charge on any atom is 0.271 e. The van der Waals surface area contributed by atoms with Crippen LogP contribution in [0.25, 0.3) is 0 Å². The van der Waals surface area contributed by atoms with E-state index in [4.69, 9.17) is 11.6 Å². The van der Waals surface area contributed by atoms with Gasteiger partial charge in [-0.2, -0.15) is 5.10 Å². The fraction of sp³-hybridized carbons (Fsp3) is 0.429. The number of hydrogen-bond acceptors (Lipinski definition) is 2. The van der Waals surface area contributed by atoms with Crippen molar-refractivity contribution in [3.05, 3.63) is 34.9 Å². The summed E-state index contributed by atoms with van der Waals surface area (Å²) >= 11 is 5.78. The number of benzene rings is 1. The molecule has 3 rings (SSSR count). The van der Waals surface area contributed by atoms with Crippen LogP contribution >= 0.6 is 11.6 Å². The van der Waals surface area contributed by atoms with Crippen molar-refractivity contribution >= 4 is 23.2 Å². The molecule has 3 nitrogen and oxygen atoms in total. The standard InChI is InChI=1S/C14H15ClN2O/c15-12-5-3-10(4-6-12)14(18)17-16-13-8-9-1-2-11(13)7-9/h3-6,9,11H,1-2,7-8H2,(H,17,18)/b16-13+. The molecule has 4 heteroatoms. The van der Waals surface area contributed by atoms with Gasteiger partial charge in [-0.05, 0) is 61.8 Å². The first-order valence-electron chi connectivity index (χ1n) is 6.35. The van der Waals surface area contributed by atoms with Gasteiger partial charge in [0.1, 0.15) is 0 Å². The van der Waals surface area contributed by atoms with Crippen molar-refractivity contribution in [1.29, 1.82) is 0 Å². The zero-order valence-corrected chi connectivity index (χ0v) is 10.8. The van der Waals surface area contributed by atoms with Crippen LogP contribution in [0.15, 0.2) is 29.4 Å². The van der Waals surface area contributed by atoms with Crippen LogP contribution < -0.4 is 5.43 Å². The maximum absolute atomic E-state index is 11.9. The van der Waals surface area contributed by atoms with E-state index in [1.165, 1.54) is 25.0 Å².